The monoisotopic (exact) mass is 327 g/mol. The summed E-state index contributed by atoms with van der Waals surface area (Å²) in [6.07, 6.45) is 1.20. The maximum Gasteiger partial charge on any atom is 0.253 e. The highest BCUT2D eigenvalue weighted by Crippen LogP contribution is 2.11. The van der Waals surface area contributed by atoms with E-state index in [2.05, 4.69) is 13.8 Å². The van der Waals surface area contributed by atoms with Crippen molar-refractivity contribution in [2.75, 3.05) is 33.1 Å². The Morgan fingerprint density at radius 2 is 1.82 bits per heavy atom. The lowest BCUT2D eigenvalue weighted by Crippen LogP contribution is -2.36. The van der Waals surface area contributed by atoms with Crippen molar-refractivity contribution < 1.29 is 17.9 Å². The second kappa shape index (κ2) is 8.29. The predicted molar refractivity (Wildman–Crippen MR) is 87.6 cm³/mol. The molecule has 0 unspecified atom stereocenters. The fourth-order valence-corrected chi connectivity index (χ4v) is 2.94. The normalized spacial score (nSPS) is 11.7. The third-order valence-corrected chi connectivity index (χ3v) is 3.93. The Morgan fingerprint density at radius 1 is 1.23 bits per heavy atom. The van der Waals surface area contributed by atoms with Crippen molar-refractivity contribution in [3.8, 4) is 0 Å². The minimum absolute atomic E-state index is 0.0130. The highest BCUT2D eigenvalue weighted by atomic mass is 32.2. The average Bonchev–Trinajstić information content (AvgIpc) is 2.41. The molecule has 0 saturated heterocycles. The minimum atomic E-state index is -3.07. The molecule has 0 saturated carbocycles. The standard InChI is InChI=1S/C16H25NO4S/c1-13(2)11-17(9-10-21-3)16(18)15-7-5-14(6-8-15)12-22(4,19)20/h5-8,13H,9-12H2,1-4H3. The van der Waals surface area contributed by atoms with Gasteiger partial charge in [-0.2, -0.15) is 0 Å². The molecule has 1 amide bonds. The van der Waals surface area contributed by atoms with E-state index in [9.17, 15) is 13.2 Å². The lowest BCUT2D eigenvalue weighted by molar-refractivity contribution is 0.0672. The summed E-state index contributed by atoms with van der Waals surface area (Å²) >= 11 is 0. The summed E-state index contributed by atoms with van der Waals surface area (Å²) in [5.41, 5.74) is 1.25. The number of carbonyl (C=O) groups is 1. The van der Waals surface area contributed by atoms with Crippen LogP contribution in [0.4, 0.5) is 0 Å². The molecule has 5 nitrogen and oxygen atoms in total. The van der Waals surface area contributed by atoms with E-state index < -0.39 is 9.84 Å². The van der Waals surface area contributed by atoms with E-state index >= 15 is 0 Å². The molecule has 6 heteroatoms. The van der Waals surface area contributed by atoms with Crippen LogP contribution in [0.5, 0.6) is 0 Å². The summed E-state index contributed by atoms with van der Waals surface area (Å²) in [5.74, 6) is 0.294. The first-order valence-electron chi connectivity index (χ1n) is 7.28. The largest absolute Gasteiger partial charge is 0.383 e. The van der Waals surface area contributed by atoms with Crippen LogP contribution in [-0.4, -0.2) is 52.3 Å². The van der Waals surface area contributed by atoms with Crippen molar-refractivity contribution in [1.29, 1.82) is 0 Å². The molecular formula is C16H25NO4S. The summed E-state index contributed by atoms with van der Waals surface area (Å²) in [6.45, 7) is 5.81. The van der Waals surface area contributed by atoms with Crippen LogP contribution in [0.2, 0.25) is 0 Å². The van der Waals surface area contributed by atoms with Gasteiger partial charge in [0.15, 0.2) is 9.84 Å². The number of sulfone groups is 1. The molecule has 0 N–H and O–H groups in total. The number of benzene rings is 1. The summed E-state index contributed by atoms with van der Waals surface area (Å²) in [7, 11) is -1.46. The second-order valence-electron chi connectivity index (χ2n) is 5.90. The van der Waals surface area contributed by atoms with Crippen molar-refractivity contribution in [2.45, 2.75) is 19.6 Å². The second-order valence-corrected chi connectivity index (χ2v) is 8.05. The molecule has 1 aromatic rings. The fourth-order valence-electron chi connectivity index (χ4n) is 2.15. The van der Waals surface area contributed by atoms with Crippen LogP contribution in [0.1, 0.15) is 29.8 Å². The minimum Gasteiger partial charge on any atom is -0.383 e. The number of hydrogen-bond acceptors (Lipinski definition) is 4. The van der Waals surface area contributed by atoms with Gasteiger partial charge in [-0.05, 0) is 23.6 Å². The summed E-state index contributed by atoms with van der Waals surface area (Å²) in [4.78, 5) is 14.3. The molecule has 124 valence electrons. The quantitative estimate of drug-likeness (QED) is 0.732. The van der Waals surface area contributed by atoms with Crippen molar-refractivity contribution in [2.24, 2.45) is 5.92 Å². The van der Waals surface area contributed by atoms with Crippen molar-refractivity contribution >= 4 is 15.7 Å². The summed E-state index contributed by atoms with van der Waals surface area (Å²) in [6, 6.07) is 6.75. The third kappa shape index (κ3) is 6.58. The van der Waals surface area contributed by atoms with Crippen LogP contribution in [0, 0.1) is 5.92 Å². The fraction of sp³-hybridized carbons (Fsp3) is 0.562. The van der Waals surface area contributed by atoms with Crippen molar-refractivity contribution in [1.82, 2.24) is 4.90 Å². The first kappa shape index (κ1) is 18.6. The zero-order chi connectivity index (χ0) is 16.8. The maximum atomic E-state index is 12.5. The van der Waals surface area contributed by atoms with E-state index in [1.165, 1.54) is 6.26 Å². The van der Waals surface area contributed by atoms with E-state index in [1.807, 2.05) is 0 Å². The Bertz CT molecular complexity index is 579. The van der Waals surface area contributed by atoms with Gasteiger partial charge in [0, 0.05) is 32.0 Å². The molecule has 0 radical (unpaired) electrons. The highest BCUT2D eigenvalue weighted by molar-refractivity contribution is 7.89. The average molecular weight is 327 g/mol. The van der Waals surface area contributed by atoms with Crippen LogP contribution in [-0.2, 0) is 20.3 Å². The lowest BCUT2D eigenvalue weighted by atomic mass is 10.1. The summed E-state index contributed by atoms with van der Waals surface area (Å²) < 4.78 is 27.6. The SMILES string of the molecule is COCCN(CC(C)C)C(=O)c1ccc(CS(C)(=O)=O)cc1. The first-order valence-corrected chi connectivity index (χ1v) is 9.34. The molecule has 0 aliphatic carbocycles. The van der Waals surface area contributed by atoms with Crippen LogP contribution in [0.25, 0.3) is 0 Å². The molecule has 0 aromatic heterocycles. The Hall–Kier alpha value is -1.40. The number of ether oxygens (including phenoxy) is 1. The van der Waals surface area contributed by atoms with E-state index in [-0.39, 0.29) is 11.7 Å². The summed E-state index contributed by atoms with van der Waals surface area (Å²) in [5, 5.41) is 0. The van der Waals surface area contributed by atoms with Crippen molar-refractivity contribution in [3.63, 3.8) is 0 Å². The third-order valence-electron chi connectivity index (χ3n) is 3.07. The molecule has 0 aliphatic rings. The number of nitrogens with zero attached hydrogens (tertiary/aromatic N) is 1. The molecule has 0 fully saturated rings. The van der Waals surface area contributed by atoms with Gasteiger partial charge < -0.3 is 9.64 Å². The van der Waals surface area contributed by atoms with E-state index in [0.717, 1.165) is 0 Å². The van der Waals surface area contributed by atoms with Gasteiger partial charge in [0.25, 0.3) is 5.91 Å². The van der Waals surface area contributed by atoms with E-state index in [4.69, 9.17) is 4.74 Å². The van der Waals surface area contributed by atoms with Gasteiger partial charge in [-0.3, -0.25) is 4.79 Å². The molecule has 1 aromatic carbocycles. The van der Waals surface area contributed by atoms with Gasteiger partial charge in [-0.15, -0.1) is 0 Å². The van der Waals surface area contributed by atoms with Crippen LogP contribution in [0.3, 0.4) is 0 Å². The van der Waals surface area contributed by atoms with E-state index in [1.54, 1.807) is 36.3 Å². The van der Waals surface area contributed by atoms with Gasteiger partial charge >= 0.3 is 0 Å². The Morgan fingerprint density at radius 3 is 2.27 bits per heavy atom. The van der Waals surface area contributed by atoms with Crippen LogP contribution < -0.4 is 0 Å². The number of methoxy groups -OCH3 is 1. The molecule has 0 bridgehead atoms. The Balaban J connectivity index is 2.84. The van der Waals surface area contributed by atoms with E-state index in [0.29, 0.717) is 36.7 Å². The van der Waals surface area contributed by atoms with Gasteiger partial charge in [0.1, 0.15) is 0 Å². The lowest BCUT2D eigenvalue weighted by Gasteiger charge is -2.24. The Kier molecular flexibility index (Phi) is 7.03. The molecule has 0 spiro atoms. The molecule has 22 heavy (non-hydrogen) atoms. The zero-order valence-corrected chi connectivity index (χ0v) is 14.5. The highest BCUT2D eigenvalue weighted by Gasteiger charge is 2.17. The first-order chi connectivity index (χ1) is 10.2. The number of carbonyl (C=O) groups excluding carboxylic acids is 1. The number of hydrogen-bond donors (Lipinski definition) is 0. The Labute approximate surface area is 133 Å². The van der Waals surface area contributed by atoms with Crippen molar-refractivity contribution in [3.05, 3.63) is 35.4 Å². The predicted octanol–water partition coefficient (Wildman–Crippen LogP) is 1.98. The molecule has 0 atom stereocenters. The van der Waals surface area contributed by atoms with Crippen LogP contribution in [0.15, 0.2) is 24.3 Å². The molecule has 0 heterocycles. The molecular weight excluding hydrogens is 302 g/mol. The maximum absolute atomic E-state index is 12.5. The smallest absolute Gasteiger partial charge is 0.253 e. The van der Waals surface area contributed by atoms with Gasteiger partial charge in [-0.25, -0.2) is 8.42 Å². The zero-order valence-electron chi connectivity index (χ0n) is 13.7. The van der Waals surface area contributed by atoms with Gasteiger partial charge in [0.2, 0.25) is 0 Å². The van der Waals surface area contributed by atoms with Crippen LogP contribution >= 0.6 is 0 Å². The number of rotatable bonds is 8. The number of amides is 1. The topological polar surface area (TPSA) is 63.7 Å². The van der Waals surface area contributed by atoms with Gasteiger partial charge in [-0.1, -0.05) is 26.0 Å². The molecule has 0 aliphatic heterocycles. The molecule has 1 rings (SSSR count). The van der Waals surface area contributed by atoms with Gasteiger partial charge in [0.05, 0.1) is 12.4 Å².